The third kappa shape index (κ3) is 2.02. The van der Waals surface area contributed by atoms with E-state index in [1.54, 1.807) is 6.92 Å². The van der Waals surface area contributed by atoms with Crippen molar-refractivity contribution in [2.45, 2.75) is 51.4 Å². The number of hydrogen-bond donors (Lipinski definition) is 0. The molecule has 0 aromatic carbocycles. The zero-order chi connectivity index (χ0) is 10.8. The van der Waals surface area contributed by atoms with Gasteiger partial charge in [0.1, 0.15) is 0 Å². The highest BCUT2D eigenvalue weighted by atomic mass is 35.5. The highest BCUT2D eigenvalue weighted by Crippen LogP contribution is 2.47. The van der Waals surface area contributed by atoms with Crippen LogP contribution >= 0.6 is 11.6 Å². The Hall–Kier alpha value is -0.320. The van der Waals surface area contributed by atoms with Crippen LogP contribution in [0.4, 0.5) is 4.79 Å². The molecule has 4 nitrogen and oxygen atoms in total. The smallest absolute Gasteiger partial charge is 0.404 e. The van der Waals surface area contributed by atoms with Crippen LogP contribution in [-0.4, -0.2) is 16.8 Å². The fourth-order valence-electron chi connectivity index (χ4n) is 1.71. The SMILES string of the molecule is CCCC(CC)(OC(=O)Cl)C1(C)OO1. The van der Waals surface area contributed by atoms with E-state index in [-0.39, 0.29) is 0 Å². The lowest BCUT2D eigenvalue weighted by atomic mass is 9.87. The highest BCUT2D eigenvalue weighted by Gasteiger charge is 2.63. The van der Waals surface area contributed by atoms with E-state index in [1.807, 2.05) is 13.8 Å². The Balaban J connectivity index is 2.80. The van der Waals surface area contributed by atoms with E-state index in [1.165, 1.54) is 0 Å². The van der Waals surface area contributed by atoms with Crippen molar-refractivity contribution in [3.05, 3.63) is 0 Å². The first-order valence-corrected chi connectivity index (χ1v) is 5.13. The van der Waals surface area contributed by atoms with Gasteiger partial charge in [-0.1, -0.05) is 20.3 Å². The lowest BCUT2D eigenvalue weighted by Crippen LogP contribution is -2.46. The van der Waals surface area contributed by atoms with Crippen LogP contribution in [-0.2, 0) is 14.5 Å². The molecule has 0 saturated carbocycles. The zero-order valence-electron chi connectivity index (χ0n) is 8.63. The number of rotatable bonds is 5. The van der Waals surface area contributed by atoms with E-state index in [0.717, 1.165) is 6.42 Å². The Labute approximate surface area is 88.4 Å². The van der Waals surface area contributed by atoms with Gasteiger partial charge in [-0.05, 0) is 19.8 Å². The van der Waals surface area contributed by atoms with Gasteiger partial charge >= 0.3 is 5.43 Å². The third-order valence-corrected chi connectivity index (χ3v) is 2.74. The van der Waals surface area contributed by atoms with Gasteiger partial charge in [0.05, 0.1) is 0 Å². The van der Waals surface area contributed by atoms with Crippen molar-refractivity contribution < 1.29 is 19.3 Å². The van der Waals surface area contributed by atoms with E-state index in [0.29, 0.717) is 12.8 Å². The van der Waals surface area contributed by atoms with Crippen molar-refractivity contribution in [3.8, 4) is 0 Å². The minimum absolute atomic E-state index is 0.607. The summed E-state index contributed by atoms with van der Waals surface area (Å²) >= 11 is 5.24. The molecule has 1 aliphatic heterocycles. The van der Waals surface area contributed by atoms with E-state index >= 15 is 0 Å². The van der Waals surface area contributed by atoms with Crippen molar-refractivity contribution in [1.82, 2.24) is 0 Å². The van der Waals surface area contributed by atoms with Crippen molar-refractivity contribution in [3.63, 3.8) is 0 Å². The van der Waals surface area contributed by atoms with Crippen LogP contribution in [0.5, 0.6) is 0 Å². The second kappa shape index (κ2) is 4.04. The van der Waals surface area contributed by atoms with Gasteiger partial charge in [-0.2, -0.15) is 9.78 Å². The molecule has 0 aromatic heterocycles. The summed E-state index contributed by atoms with van der Waals surface area (Å²) in [5.41, 5.74) is -1.58. The fourth-order valence-corrected chi connectivity index (χ4v) is 1.86. The average Bonchev–Trinajstić information content (AvgIpc) is 2.83. The van der Waals surface area contributed by atoms with Gasteiger partial charge in [-0.15, -0.1) is 0 Å². The molecule has 14 heavy (non-hydrogen) atoms. The van der Waals surface area contributed by atoms with E-state index in [9.17, 15) is 4.79 Å². The first kappa shape index (κ1) is 11.8. The molecule has 0 aromatic rings. The first-order chi connectivity index (χ1) is 6.49. The van der Waals surface area contributed by atoms with Gasteiger partial charge in [0.2, 0.25) is 0 Å². The van der Waals surface area contributed by atoms with Crippen LogP contribution in [0.25, 0.3) is 0 Å². The van der Waals surface area contributed by atoms with Gasteiger partial charge in [-0.3, -0.25) is 0 Å². The van der Waals surface area contributed by atoms with Crippen LogP contribution in [0.2, 0.25) is 0 Å². The van der Waals surface area contributed by atoms with Gasteiger partial charge < -0.3 is 4.74 Å². The molecular formula is C9H15ClO4. The number of carbonyl (C=O) groups excluding carboxylic acids is 1. The summed E-state index contributed by atoms with van der Waals surface area (Å²) in [6, 6.07) is 0. The maximum Gasteiger partial charge on any atom is 0.404 e. The van der Waals surface area contributed by atoms with Crippen molar-refractivity contribution in [1.29, 1.82) is 0 Å². The summed E-state index contributed by atoms with van der Waals surface area (Å²) in [4.78, 5) is 20.5. The molecule has 0 amide bonds. The molecule has 1 rings (SSSR count). The Morgan fingerprint density at radius 1 is 1.50 bits per heavy atom. The fraction of sp³-hybridized carbons (Fsp3) is 0.889. The second-order valence-electron chi connectivity index (χ2n) is 3.55. The van der Waals surface area contributed by atoms with Crippen LogP contribution in [0.3, 0.4) is 0 Å². The standard InChI is InChI=1S/C9H15ClO4/c1-4-6-9(5-2,12-7(10)11)8(3)13-14-8/h4-6H2,1-3H3. The minimum atomic E-state index is -0.831. The molecule has 0 N–H and O–H groups in total. The quantitative estimate of drug-likeness (QED) is 0.408. The number of hydrogen-bond acceptors (Lipinski definition) is 4. The predicted octanol–water partition coefficient (Wildman–Crippen LogP) is 2.99. The molecule has 82 valence electrons. The van der Waals surface area contributed by atoms with Crippen LogP contribution in [0.1, 0.15) is 40.0 Å². The summed E-state index contributed by atoms with van der Waals surface area (Å²) in [5, 5.41) is 0. The summed E-state index contributed by atoms with van der Waals surface area (Å²) in [5.74, 6) is -0.831. The van der Waals surface area contributed by atoms with Crippen LogP contribution in [0, 0.1) is 0 Å². The van der Waals surface area contributed by atoms with Crippen LogP contribution < -0.4 is 0 Å². The maximum absolute atomic E-state index is 10.8. The minimum Gasteiger partial charge on any atom is -0.441 e. The molecule has 1 aliphatic rings. The first-order valence-electron chi connectivity index (χ1n) is 4.75. The predicted molar refractivity (Wildman–Crippen MR) is 50.8 cm³/mol. The maximum atomic E-state index is 10.8. The zero-order valence-corrected chi connectivity index (χ0v) is 9.39. The van der Waals surface area contributed by atoms with Gasteiger partial charge in [-0.25, -0.2) is 4.79 Å². The third-order valence-electron chi connectivity index (χ3n) is 2.66. The molecule has 1 fully saturated rings. The molecule has 1 heterocycles. The Morgan fingerprint density at radius 2 is 2.07 bits per heavy atom. The molecule has 1 atom stereocenters. The number of halogens is 1. The van der Waals surface area contributed by atoms with Crippen molar-refractivity contribution in [2.24, 2.45) is 0 Å². The number of ether oxygens (including phenoxy) is 1. The normalized spacial score (nSPS) is 22.6. The molecule has 1 unspecified atom stereocenters. The monoisotopic (exact) mass is 222 g/mol. The Kier molecular flexibility index (Phi) is 3.40. The largest absolute Gasteiger partial charge is 0.441 e. The highest BCUT2D eigenvalue weighted by molar-refractivity contribution is 6.61. The van der Waals surface area contributed by atoms with Crippen LogP contribution in [0.15, 0.2) is 0 Å². The molecule has 0 radical (unpaired) electrons. The summed E-state index contributed by atoms with van der Waals surface area (Å²) < 4.78 is 5.13. The van der Waals surface area contributed by atoms with E-state index in [2.05, 4.69) is 0 Å². The summed E-state index contributed by atoms with van der Waals surface area (Å²) in [6.07, 6.45) is 2.13. The molecular weight excluding hydrogens is 208 g/mol. The second-order valence-corrected chi connectivity index (χ2v) is 3.86. The summed E-state index contributed by atoms with van der Waals surface area (Å²) in [6.45, 7) is 5.65. The lowest BCUT2D eigenvalue weighted by Gasteiger charge is -2.31. The summed E-state index contributed by atoms with van der Waals surface area (Å²) in [7, 11) is 0. The average molecular weight is 223 g/mol. The molecule has 5 heteroatoms. The molecule has 1 saturated heterocycles. The molecule has 0 aliphatic carbocycles. The molecule has 0 spiro atoms. The van der Waals surface area contributed by atoms with Crippen molar-refractivity contribution in [2.75, 3.05) is 0 Å². The van der Waals surface area contributed by atoms with Gasteiger partial charge in [0.25, 0.3) is 5.79 Å². The Morgan fingerprint density at radius 3 is 2.36 bits per heavy atom. The number of carbonyl (C=O) groups is 1. The van der Waals surface area contributed by atoms with Gasteiger partial charge in [0, 0.05) is 11.6 Å². The molecule has 0 bridgehead atoms. The van der Waals surface area contributed by atoms with E-state index < -0.39 is 16.8 Å². The lowest BCUT2D eigenvalue weighted by molar-refractivity contribution is -0.0489. The van der Waals surface area contributed by atoms with Gasteiger partial charge in [0.15, 0.2) is 5.60 Å². The topological polar surface area (TPSA) is 51.4 Å². The van der Waals surface area contributed by atoms with Crippen molar-refractivity contribution >= 4 is 17.0 Å². The van der Waals surface area contributed by atoms with E-state index in [4.69, 9.17) is 26.1 Å². The Bertz CT molecular complexity index is 227.